The fourth-order valence-electron chi connectivity index (χ4n) is 7.35. The van der Waals surface area contributed by atoms with Crippen molar-refractivity contribution in [3.05, 3.63) is 53.2 Å². The van der Waals surface area contributed by atoms with Gasteiger partial charge in [0.1, 0.15) is 41.2 Å². The molecule has 0 bridgehead atoms. The second-order valence-corrected chi connectivity index (χ2v) is 14.7. The molecule has 0 aliphatic carbocycles. The average molecular weight is 683 g/mol. The number of anilines is 1. The molecule has 0 saturated carbocycles. The van der Waals surface area contributed by atoms with Crippen LogP contribution in [0.3, 0.4) is 0 Å². The van der Waals surface area contributed by atoms with Gasteiger partial charge in [-0.25, -0.2) is 18.0 Å². The minimum atomic E-state index is -0.931. The van der Waals surface area contributed by atoms with Crippen LogP contribution in [0.1, 0.15) is 40.0 Å². The molecule has 4 aromatic rings. The van der Waals surface area contributed by atoms with E-state index >= 15 is 4.39 Å². The maximum absolute atomic E-state index is 16.7. The van der Waals surface area contributed by atoms with Crippen LogP contribution in [0.15, 0.2) is 36.5 Å². The Kier molecular flexibility index (Phi) is 8.30. The Morgan fingerprint density at radius 1 is 1.15 bits per heavy atom. The van der Waals surface area contributed by atoms with Crippen LogP contribution in [0, 0.1) is 17.6 Å². The molecule has 48 heavy (non-hydrogen) atoms. The molecule has 254 valence electrons. The van der Waals surface area contributed by atoms with E-state index in [1.54, 1.807) is 29.2 Å². The number of nitrogens with zero attached hydrogens (tertiary/aromatic N) is 6. The molecule has 13 heteroatoms. The van der Waals surface area contributed by atoms with E-state index in [2.05, 4.69) is 14.9 Å². The summed E-state index contributed by atoms with van der Waals surface area (Å²) in [4.78, 5) is 31.9. The molecule has 5 heterocycles. The molecule has 0 radical (unpaired) electrons. The van der Waals surface area contributed by atoms with E-state index in [0.29, 0.717) is 60.1 Å². The third-order valence-corrected chi connectivity index (χ3v) is 9.94. The van der Waals surface area contributed by atoms with Gasteiger partial charge in [-0.1, -0.05) is 35.9 Å². The lowest BCUT2D eigenvalue weighted by atomic mass is 9.95. The van der Waals surface area contributed by atoms with Gasteiger partial charge in [-0.3, -0.25) is 9.88 Å². The van der Waals surface area contributed by atoms with Crippen LogP contribution in [0.4, 0.5) is 23.8 Å². The monoisotopic (exact) mass is 682 g/mol. The van der Waals surface area contributed by atoms with Crippen LogP contribution in [-0.4, -0.2) is 94.5 Å². The summed E-state index contributed by atoms with van der Waals surface area (Å²) in [6, 6.07) is 7.97. The Morgan fingerprint density at radius 3 is 2.71 bits per heavy atom. The van der Waals surface area contributed by atoms with Crippen molar-refractivity contribution in [1.82, 2.24) is 24.8 Å². The SMILES string of the molecule is CN(CC1CN(C(=O)OC(C)(C)C)C1)c1nc(OC[C@@]23CCCN2C[C@H](F)C3)nc2c(F)c(-c3cccc4ccc(F)c(Cl)c34)ncc12. The molecule has 1 amide bonds. The van der Waals surface area contributed by atoms with Gasteiger partial charge >= 0.3 is 12.1 Å². The van der Waals surface area contributed by atoms with Crippen molar-refractivity contribution in [2.45, 2.75) is 57.3 Å². The molecular formula is C35H38ClF3N6O3. The topological polar surface area (TPSA) is 83.9 Å². The number of likely N-dealkylation sites (tertiary alicyclic amines) is 1. The van der Waals surface area contributed by atoms with Crippen molar-refractivity contribution < 1.29 is 27.4 Å². The number of hydrogen-bond donors (Lipinski definition) is 0. The molecule has 9 nitrogen and oxygen atoms in total. The summed E-state index contributed by atoms with van der Waals surface area (Å²) in [5.41, 5.74) is -0.773. The van der Waals surface area contributed by atoms with Crippen molar-refractivity contribution >= 4 is 45.2 Å². The first-order chi connectivity index (χ1) is 22.8. The van der Waals surface area contributed by atoms with Gasteiger partial charge in [0.25, 0.3) is 0 Å². The number of fused-ring (bicyclic) bond motifs is 3. The van der Waals surface area contributed by atoms with E-state index in [4.69, 9.17) is 26.1 Å². The number of aromatic nitrogens is 3. The lowest BCUT2D eigenvalue weighted by Crippen LogP contribution is -2.54. The Morgan fingerprint density at radius 2 is 1.94 bits per heavy atom. The maximum Gasteiger partial charge on any atom is 0.410 e. The first-order valence-corrected chi connectivity index (χ1v) is 16.6. The van der Waals surface area contributed by atoms with E-state index in [-0.39, 0.29) is 40.9 Å². The molecule has 7 rings (SSSR count). The molecule has 2 aromatic heterocycles. The van der Waals surface area contributed by atoms with Crippen molar-refractivity contribution in [3.8, 4) is 17.3 Å². The third-order valence-electron chi connectivity index (χ3n) is 9.57. The average Bonchev–Trinajstić information content (AvgIpc) is 3.54. The summed E-state index contributed by atoms with van der Waals surface area (Å²) in [6.45, 7) is 8.34. The second kappa shape index (κ2) is 12.2. The molecule has 3 saturated heterocycles. The number of hydrogen-bond acceptors (Lipinski definition) is 8. The maximum atomic E-state index is 16.7. The molecule has 3 aliphatic heterocycles. The molecule has 3 fully saturated rings. The van der Waals surface area contributed by atoms with Crippen LogP contribution < -0.4 is 9.64 Å². The van der Waals surface area contributed by atoms with Gasteiger partial charge in [-0.05, 0) is 51.6 Å². The van der Waals surface area contributed by atoms with Crippen LogP contribution >= 0.6 is 11.6 Å². The van der Waals surface area contributed by atoms with E-state index in [1.165, 1.54) is 12.3 Å². The Bertz CT molecular complexity index is 1900. The van der Waals surface area contributed by atoms with Gasteiger partial charge in [0.05, 0.1) is 15.9 Å². The summed E-state index contributed by atoms with van der Waals surface area (Å²) in [5, 5.41) is 1.21. The number of carbonyl (C=O) groups is 1. The van der Waals surface area contributed by atoms with Crippen molar-refractivity contribution in [3.63, 3.8) is 0 Å². The Hall–Kier alpha value is -3.90. The Labute approximate surface area is 282 Å². The first-order valence-electron chi connectivity index (χ1n) is 16.3. The number of benzene rings is 2. The summed E-state index contributed by atoms with van der Waals surface area (Å²) in [7, 11) is 1.84. The number of amides is 1. The first kappa shape index (κ1) is 32.6. The largest absolute Gasteiger partial charge is 0.461 e. The fourth-order valence-corrected chi connectivity index (χ4v) is 7.63. The molecule has 2 atom stereocenters. The van der Waals surface area contributed by atoms with Gasteiger partial charge in [0.2, 0.25) is 0 Å². The van der Waals surface area contributed by atoms with E-state index in [1.807, 2.05) is 32.7 Å². The molecular weight excluding hydrogens is 645 g/mol. The zero-order chi connectivity index (χ0) is 34.0. The van der Waals surface area contributed by atoms with Gasteiger partial charge in [0, 0.05) is 62.7 Å². The predicted octanol–water partition coefficient (Wildman–Crippen LogP) is 7.03. The number of ether oxygens (including phenoxy) is 2. The third kappa shape index (κ3) is 5.97. The van der Waals surface area contributed by atoms with Crippen molar-refractivity contribution in [1.29, 1.82) is 0 Å². The van der Waals surface area contributed by atoms with Crippen LogP contribution in [0.5, 0.6) is 6.01 Å². The highest BCUT2D eigenvalue weighted by Gasteiger charge is 2.49. The highest BCUT2D eigenvalue weighted by Crippen LogP contribution is 2.41. The Balaban J connectivity index is 1.24. The van der Waals surface area contributed by atoms with Gasteiger partial charge < -0.3 is 19.3 Å². The molecule has 2 aromatic carbocycles. The molecule has 3 aliphatic rings. The summed E-state index contributed by atoms with van der Waals surface area (Å²) >= 11 is 6.39. The zero-order valence-corrected chi connectivity index (χ0v) is 28.2. The van der Waals surface area contributed by atoms with Crippen molar-refractivity contribution in [2.24, 2.45) is 5.92 Å². The van der Waals surface area contributed by atoms with Gasteiger partial charge in [-0.2, -0.15) is 9.97 Å². The lowest BCUT2D eigenvalue weighted by Gasteiger charge is -2.41. The normalized spacial score (nSPS) is 21.5. The number of carbonyl (C=O) groups excluding carboxylic acids is 1. The number of halogens is 4. The van der Waals surface area contributed by atoms with Crippen LogP contribution in [0.25, 0.3) is 32.9 Å². The van der Waals surface area contributed by atoms with Crippen molar-refractivity contribution in [2.75, 3.05) is 51.3 Å². The number of alkyl halides is 1. The van der Waals surface area contributed by atoms with Crippen LogP contribution in [-0.2, 0) is 4.74 Å². The van der Waals surface area contributed by atoms with Crippen LogP contribution in [0.2, 0.25) is 5.02 Å². The minimum Gasteiger partial charge on any atom is -0.461 e. The van der Waals surface area contributed by atoms with E-state index in [0.717, 1.165) is 19.4 Å². The second-order valence-electron chi connectivity index (χ2n) is 14.3. The zero-order valence-electron chi connectivity index (χ0n) is 27.4. The smallest absolute Gasteiger partial charge is 0.410 e. The molecule has 0 spiro atoms. The number of rotatable bonds is 7. The van der Waals surface area contributed by atoms with E-state index < -0.39 is 28.9 Å². The summed E-state index contributed by atoms with van der Waals surface area (Å²) in [6.07, 6.45) is 2.32. The highest BCUT2D eigenvalue weighted by molar-refractivity contribution is 6.36. The summed E-state index contributed by atoms with van der Waals surface area (Å²) in [5.74, 6) is -0.829. The summed E-state index contributed by atoms with van der Waals surface area (Å²) < 4.78 is 57.4. The highest BCUT2D eigenvalue weighted by atomic mass is 35.5. The van der Waals surface area contributed by atoms with E-state index in [9.17, 15) is 13.6 Å². The predicted molar refractivity (Wildman–Crippen MR) is 178 cm³/mol. The minimum absolute atomic E-state index is 0.0177. The van der Waals surface area contributed by atoms with Gasteiger partial charge in [0.15, 0.2) is 5.82 Å². The molecule has 0 N–H and O–H groups in total. The quantitative estimate of drug-likeness (QED) is 0.205. The number of pyridine rings is 1. The molecule has 0 unspecified atom stereocenters. The van der Waals surface area contributed by atoms with Gasteiger partial charge in [-0.15, -0.1) is 0 Å². The standard InChI is InChI=1S/C35H38ClF3N6O3/c1-34(2,3)48-33(46)44-16-20(17-44)15-43(4)31-24-14-40-29(23-8-5-7-21-9-10-25(38)27(36)26(21)23)28(39)30(24)41-32(42-31)47-19-35-11-6-12-45(35)18-22(37)13-35/h5,7-10,14,20,22H,6,11-13,15-19H2,1-4H3/t22-,35+/m1/s1. The fraction of sp³-hybridized carbons (Fsp3) is 0.486. The lowest BCUT2D eigenvalue weighted by molar-refractivity contribution is 0.000175.